The Kier molecular flexibility index (Phi) is 8.66. The van der Waals surface area contributed by atoms with E-state index in [-0.39, 0.29) is 70.4 Å². The van der Waals surface area contributed by atoms with Crippen LogP contribution in [0.4, 0.5) is 26.3 Å². The first kappa shape index (κ1) is 33.4. The molecule has 4 fully saturated rings. The number of allylic oxidation sites excluding steroid dienone is 2. The Morgan fingerprint density at radius 1 is 1.04 bits per heavy atom. The molecule has 1 aromatic carbocycles. The molecule has 0 amide bonds. The number of carbonyl (C=O) groups is 4. The Balaban J connectivity index is 1.24. The fourth-order valence-corrected chi connectivity index (χ4v) is 8.97. The number of esters is 1. The summed E-state index contributed by atoms with van der Waals surface area (Å²) in [6.07, 6.45) is -7.47. The van der Waals surface area contributed by atoms with Crippen molar-refractivity contribution in [1.29, 1.82) is 0 Å². The summed E-state index contributed by atoms with van der Waals surface area (Å²) >= 11 is 0. The summed E-state index contributed by atoms with van der Waals surface area (Å²) in [5.41, 5.74) is -3.55. The SMILES string of the molecule is C[C@H](CCC(=O)Oc1cccc(/C(=C\C(F)(F)F)C(F)(F)F)c1)[C@H]1C[C@H]2[C@@H]3C(=O)C[C@@H]4CC(=O)CC[C@]4(C)[C@H]3CC(=O)[C@]2(C)C1. The number of rotatable bonds is 6. The standard InChI is InChI=1S/C34H38F6O5/c1-18(7-8-29(44)45-23-6-4-5-19(11-23)26(34(38,39)40)17-33(35,36)37)20-12-24-30-25(15-28(43)32(24,3)16-20)31(2)10-9-22(41)13-21(31)14-27(30)42/h4-6,11,17-18,20-21,24-25,30H,7-10,12-16H2,1-3H3/b26-17+/t18-,20+,21+,24+,25+,30+,31+,32-/m1/s1. The van der Waals surface area contributed by atoms with Crippen molar-refractivity contribution in [2.75, 3.05) is 0 Å². The quantitative estimate of drug-likeness (QED) is 0.178. The molecule has 0 spiro atoms. The second-order valence-corrected chi connectivity index (χ2v) is 14.2. The second-order valence-electron chi connectivity index (χ2n) is 14.2. The zero-order valence-corrected chi connectivity index (χ0v) is 25.5. The molecule has 5 nitrogen and oxygen atoms in total. The van der Waals surface area contributed by atoms with Crippen LogP contribution in [0.1, 0.15) is 84.1 Å². The second kappa shape index (κ2) is 11.7. The minimum absolute atomic E-state index is 0.0202. The molecular formula is C34H38F6O5. The van der Waals surface area contributed by atoms with E-state index in [2.05, 4.69) is 6.92 Å². The van der Waals surface area contributed by atoms with Crippen molar-refractivity contribution in [3.8, 4) is 5.75 Å². The van der Waals surface area contributed by atoms with Crippen molar-refractivity contribution in [3.05, 3.63) is 35.9 Å². The van der Waals surface area contributed by atoms with Gasteiger partial charge in [-0.25, -0.2) is 0 Å². The summed E-state index contributed by atoms with van der Waals surface area (Å²) in [4.78, 5) is 52.1. The maximum Gasteiger partial charge on any atom is 0.417 e. The van der Waals surface area contributed by atoms with Crippen LogP contribution in [0, 0.1) is 46.3 Å². The Bertz CT molecular complexity index is 1410. The molecule has 0 saturated heterocycles. The fraction of sp³-hybridized carbons (Fsp3) is 0.647. The molecule has 0 unspecified atom stereocenters. The molecule has 0 N–H and O–H groups in total. The summed E-state index contributed by atoms with van der Waals surface area (Å²) in [6, 6.07) is 3.90. The van der Waals surface area contributed by atoms with Gasteiger partial charge in [-0.05, 0) is 78.4 Å². The lowest BCUT2D eigenvalue weighted by molar-refractivity contribution is -0.163. The molecule has 0 heterocycles. The molecule has 4 aliphatic rings. The minimum Gasteiger partial charge on any atom is -0.427 e. The van der Waals surface area contributed by atoms with Gasteiger partial charge in [-0.15, -0.1) is 0 Å². The Morgan fingerprint density at radius 3 is 2.42 bits per heavy atom. The third-order valence-electron chi connectivity index (χ3n) is 11.6. The average Bonchev–Trinajstić information content (AvgIpc) is 3.30. The normalized spacial score (nSPS) is 34.6. The van der Waals surface area contributed by atoms with Gasteiger partial charge in [-0.1, -0.05) is 32.9 Å². The number of fused-ring (bicyclic) bond motifs is 5. The summed E-state index contributed by atoms with van der Waals surface area (Å²) in [5.74, 6) is -0.952. The third-order valence-corrected chi connectivity index (χ3v) is 11.6. The summed E-state index contributed by atoms with van der Waals surface area (Å²) < 4.78 is 83.5. The highest BCUT2D eigenvalue weighted by molar-refractivity contribution is 5.92. The summed E-state index contributed by atoms with van der Waals surface area (Å²) in [6.45, 7) is 6.07. The number of hydrogen-bond donors (Lipinski definition) is 0. The van der Waals surface area contributed by atoms with Crippen LogP contribution in [0.2, 0.25) is 0 Å². The number of ketones is 3. The fourth-order valence-electron chi connectivity index (χ4n) is 8.97. The topological polar surface area (TPSA) is 77.5 Å². The molecule has 246 valence electrons. The smallest absolute Gasteiger partial charge is 0.417 e. The Morgan fingerprint density at radius 2 is 1.76 bits per heavy atom. The predicted octanol–water partition coefficient (Wildman–Crippen LogP) is 8.10. The molecule has 0 aromatic heterocycles. The van der Waals surface area contributed by atoms with Crippen molar-refractivity contribution < 1.29 is 50.3 Å². The summed E-state index contributed by atoms with van der Waals surface area (Å²) in [7, 11) is 0. The highest BCUT2D eigenvalue weighted by atomic mass is 19.4. The third kappa shape index (κ3) is 6.50. The van der Waals surface area contributed by atoms with Gasteiger partial charge in [0.05, 0.1) is 5.57 Å². The highest BCUT2D eigenvalue weighted by Gasteiger charge is 2.65. The monoisotopic (exact) mass is 640 g/mol. The van der Waals surface area contributed by atoms with Crippen LogP contribution < -0.4 is 4.74 Å². The molecule has 5 rings (SSSR count). The molecule has 4 aliphatic carbocycles. The molecule has 11 heteroatoms. The zero-order chi connectivity index (χ0) is 33.1. The van der Waals surface area contributed by atoms with Crippen molar-refractivity contribution in [1.82, 2.24) is 0 Å². The first-order valence-corrected chi connectivity index (χ1v) is 15.6. The van der Waals surface area contributed by atoms with Crippen LogP contribution in [0.25, 0.3) is 5.57 Å². The van der Waals surface area contributed by atoms with E-state index in [9.17, 15) is 45.5 Å². The lowest BCUT2D eigenvalue weighted by Crippen LogP contribution is -2.58. The van der Waals surface area contributed by atoms with E-state index in [4.69, 9.17) is 4.74 Å². The molecular weight excluding hydrogens is 602 g/mol. The first-order valence-electron chi connectivity index (χ1n) is 15.6. The molecule has 4 saturated carbocycles. The highest BCUT2D eigenvalue weighted by Crippen LogP contribution is 2.65. The summed E-state index contributed by atoms with van der Waals surface area (Å²) in [5, 5.41) is 0. The van der Waals surface area contributed by atoms with E-state index < -0.39 is 40.9 Å². The molecule has 0 radical (unpaired) electrons. The van der Waals surface area contributed by atoms with Crippen LogP contribution in [-0.2, 0) is 19.2 Å². The first-order chi connectivity index (χ1) is 20.8. The number of Topliss-reactive ketones (excluding diaryl/α,β-unsaturated/α-hetero) is 3. The van der Waals surface area contributed by atoms with Gasteiger partial charge in [0.25, 0.3) is 0 Å². The van der Waals surface area contributed by atoms with Crippen LogP contribution in [-0.4, -0.2) is 35.7 Å². The van der Waals surface area contributed by atoms with Crippen molar-refractivity contribution in [2.24, 2.45) is 46.3 Å². The van der Waals surface area contributed by atoms with Gasteiger partial charge in [-0.3, -0.25) is 19.2 Å². The lowest BCUT2D eigenvalue weighted by Gasteiger charge is -2.58. The van der Waals surface area contributed by atoms with Crippen LogP contribution >= 0.6 is 0 Å². The van der Waals surface area contributed by atoms with Crippen LogP contribution in [0.15, 0.2) is 30.3 Å². The van der Waals surface area contributed by atoms with E-state index in [0.717, 1.165) is 18.2 Å². The molecule has 45 heavy (non-hydrogen) atoms. The number of carbonyl (C=O) groups excluding carboxylic acids is 4. The van der Waals surface area contributed by atoms with Gasteiger partial charge in [0.2, 0.25) is 0 Å². The van der Waals surface area contributed by atoms with Gasteiger partial charge in [0, 0.05) is 49.5 Å². The molecule has 0 bridgehead atoms. The molecule has 0 aliphatic heterocycles. The number of ether oxygens (including phenoxy) is 1. The van der Waals surface area contributed by atoms with Crippen LogP contribution in [0.5, 0.6) is 5.75 Å². The van der Waals surface area contributed by atoms with Gasteiger partial charge in [0.1, 0.15) is 23.1 Å². The van der Waals surface area contributed by atoms with Gasteiger partial charge >= 0.3 is 18.3 Å². The molecule has 1 aromatic rings. The number of hydrogen-bond acceptors (Lipinski definition) is 5. The van der Waals surface area contributed by atoms with E-state index in [1.807, 2.05) is 13.8 Å². The van der Waals surface area contributed by atoms with Crippen molar-refractivity contribution in [2.45, 2.75) is 90.9 Å². The Labute approximate surface area is 258 Å². The largest absolute Gasteiger partial charge is 0.427 e. The van der Waals surface area contributed by atoms with E-state index in [1.165, 1.54) is 6.07 Å². The van der Waals surface area contributed by atoms with Gasteiger partial charge < -0.3 is 4.74 Å². The van der Waals surface area contributed by atoms with E-state index in [1.54, 1.807) is 0 Å². The number of benzene rings is 1. The van der Waals surface area contributed by atoms with Crippen molar-refractivity contribution >= 4 is 28.9 Å². The van der Waals surface area contributed by atoms with Gasteiger partial charge in [-0.2, -0.15) is 26.3 Å². The van der Waals surface area contributed by atoms with Crippen LogP contribution in [0.3, 0.4) is 0 Å². The predicted molar refractivity (Wildman–Crippen MR) is 152 cm³/mol. The number of alkyl halides is 6. The van der Waals surface area contributed by atoms with Crippen molar-refractivity contribution in [3.63, 3.8) is 0 Å². The van der Waals surface area contributed by atoms with E-state index in [0.29, 0.717) is 51.4 Å². The molecule has 8 atom stereocenters. The Hall–Kier alpha value is -2.98. The maximum absolute atomic E-state index is 13.7. The number of halogens is 6. The average molecular weight is 641 g/mol. The zero-order valence-electron chi connectivity index (χ0n) is 25.5. The van der Waals surface area contributed by atoms with Gasteiger partial charge in [0.15, 0.2) is 0 Å². The maximum atomic E-state index is 13.7. The lowest BCUT2D eigenvalue weighted by atomic mass is 9.45. The van der Waals surface area contributed by atoms with E-state index >= 15 is 0 Å². The minimum atomic E-state index is -5.28.